The van der Waals surface area contributed by atoms with Gasteiger partial charge in [0, 0.05) is 12.8 Å². The lowest BCUT2D eigenvalue weighted by Gasteiger charge is -2.25. The van der Waals surface area contributed by atoms with Gasteiger partial charge in [-0.1, -0.05) is 42.5 Å². The second-order valence-corrected chi connectivity index (χ2v) is 9.33. The summed E-state index contributed by atoms with van der Waals surface area (Å²) in [5, 5.41) is 38.9. The number of aliphatic carboxylic acids is 2. The van der Waals surface area contributed by atoms with E-state index in [-0.39, 0.29) is 18.6 Å². The van der Waals surface area contributed by atoms with Crippen molar-refractivity contribution in [1.82, 2.24) is 21.3 Å². The second-order valence-electron chi connectivity index (χ2n) is 9.33. The molecule has 39 heavy (non-hydrogen) atoms. The molecule has 2 aromatic carbocycles. The average Bonchev–Trinajstić information content (AvgIpc) is 3.44. The Balaban J connectivity index is 1.77. The maximum atomic E-state index is 13.3. The van der Waals surface area contributed by atoms with Gasteiger partial charge in [-0.25, -0.2) is 4.79 Å². The van der Waals surface area contributed by atoms with Gasteiger partial charge in [-0.3, -0.25) is 19.2 Å². The maximum Gasteiger partial charge on any atom is 0.326 e. The van der Waals surface area contributed by atoms with E-state index in [9.17, 15) is 39.3 Å². The molecule has 208 valence electrons. The average molecular weight is 541 g/mol. The van der Waals surface area contributed by atoms with Gasteiger partial charge in [-0.2, -0.15) is 0 Å². The number of amides is 3. The van der Waals surface area contributed by atoms with Crippen molar-refractivity contribution in [3.8, 4) is 5.75 Å². The van der Waals surface area contributed by atoms with E-state index in [1.165, 1.54) is 24.3 Å². The van der Waals surface area contributed by atoms with Crippen LogP contribution in [0.2, 0.25) is 0 Å². The molecule has 0 radical (unpaired) electrons. The van der Waals surface area contributed by atoms with Crippen LogP contribution >= 0.6 is 0 Å². The molecule has 1 saturated heterocycles. The van der Waals surface area contributed by atoms with Crippen LogP contribution in [0.4, 0.5) is 0 Å². The maximum absolute atomic E-state index is 13.3. The van der Waals surface area contributed by atoms with Crippen LogP contribution in [-0.4, -0.2) is 75.7 Å². The van der Waals surface area contributed by atoms with Crippen molar-refractivity contribution < 1.29 is 39.3 Å². The Hall–Kier alpha value is -4.45. The highest BCUT2D eigenvalue weighted by atomic mass is 16.4. The van der Waals surface area contributed by atoms with Crippen molar-refractivity contribution in [2.45, 2.75) is 56.3 Å². The second kappa shape index (κ2) is 13.9. The Kier molecular flexibility index (Phi) is 10.4. The molecule has 4 atom stereocenters. The summed E-state index contributed by atoms with van der Waals surface area (Å²) >= 11 is 0. The van der Waals surface area contributed by atoms with Crippen LogP contribution in [0.15, 0.2) is 54.6 Å². The monoisotopic (exact) mass is 540 g/mol. The number of carboxylic acids is 2. The number of phenolic OH excluding ortho intramolecular Hbond substituents is 1. The molecule has 3 amide bonds. The zero-order chi connectivity index (χ0) is 28.4. The fourth-order valence-electron chi connectivity index (χ4n) is 4.24. The van der Waals surface area contributed by atoms with Crippen molar-refractivity contribution in [3.63, 3.8) is 0 Å². The number of rotatable bonds is 13. The molecule has 3 rings (SSSR count). The molecule has 12 nitrogen and oxygen atoms in total. The number of carboxylic acid groups (broad SMARTS) is 2. The summed E-state index contributed by atoms with van der Waals surface area (Å²) in [7, 11) is 0. The van der Waals surface area contributed by atoms with Gasteiger partial charge in [0.25, 0.3) is 0 Å². The van der Waals surface area contributed by atoms with Crippen LogP contribution in [0.5, 0.6) is 5.75 Å². The summed E-state index contributed by atoms with van der Waals surface area (Å²) in [6.07, 6.45) is 0.510. The van der Waals surface area contributed by atoms with Gasteiger partial charge >= 0.3 is 11.9 Å². The fourth-order valence-corrected chi connectivity index (χ4v) is 4.24. The first kappa shape index (κ1) is 29.1. The topological polar surface area (TPSA) is 194 Å². The third kappa shape index (κ3) is 9.11. The zero-order valence-corrected chi connectivity index (χ0v) is 21.1. The molecule has 0 saturated carbocycles. The number of hydrogen-bond acceptors (Lipinski definition) is 7. The Morgan fingerprint density at radius 3 is 1.97 bits per heavy atom. The molecule has 0 aromatic heterocycles. The third-order valence-electron chi connectivity index (χ3n) is 6.29. The summed E-state index contributed by atoms with van der Waals surface area (Å²) in [4.78, 5) is 62.3. The smallest absolute Gasteiger partial charge is 0.326 e. The summed E-state index contributed by atoms with van der Waals surface area (Å²) in [6.45, 7) is 0.627. The predicted octanol–water partition coefficient (Wildman–Crippen LogP) is -0.0569. The predicted molar refractivity (Wildman–Crippen MR) is 139 cm³/mol. The molecule has 2 aromatic rings. The van der Waals surface area contributed by atoms with Gasteiger partial charge in [0.2, 0.25) is 17.7 Å². The minimum atomic E-state index is -1.45. The van der Waals surface area contributed by atoms with Crippen molar-refractivity contribution in [2.75, 3.05) is 6.54 Å². The van der Waals surface area contributed by atoms with Gasteiger partial charge in [0.1, 0.15) is 23.9 Å². The van der Waals surface area contributed by atoms with Gasteiger partial charge in [0.05, 0.1) is 12.5 Å². The van der Waals surface area contributed by atoms with Crippen molar-refractivity contribution >= 4 is 29.7 Å². The SMILES string of the molecule is O=C(O)CC(NC(=O)C1CCCN1)C(=O)NC(Cc1ccccc1)C(=O)NC(Cc1ccc(O)cc1)C(=O)O. The molecule has 1 aliphatic rings. The van der Waals surface area contributed by atoms with Crippen LogP contribution < -0.4 is 21.3 Å². The van der Waals surface area contributed by atoms with E-state index < -0.39 is 60.2 Å². The summed E-state index contributed by atoms with van der Waals surface area (Å²) in [6, 6.07) is 9.92. The van der Waals surface area contributed by atoms with E-state index in [2.05, 4.69) is 21.3 Å². The first-order valence-electron chi connectivity index (χ1n) is 12.5. The van der Waals surface area contributed by atoms with Crippen LogP contribution in [0, 0.1) is 0 Å². The highest BCUT2D eigenvalue weighted by Gasteiger charge is 2.32. The number of carbonyl (C=O) groups excluding carboxylic acids is 3. The largest absolute Gasteiger partial charge is 0.508 e. The number of aromatic hydroxyl groups is 1. The summed E-state index contributed by atoms with van der Waals surface area (Å²) < 4.78 is 0. The number of benzene rings is 2. The van der Waals surface area contributed by atoms with Gasteiger partial charge < -0.3 is 36.6 Å². The van der Waals surface area contributed by atoms with E-state index >= 15 is 0 Å². The van der Waals surface area contributed by atoms with Gasteiger partial charge in [-0.15, -0.1) is 0 Å². The van der Waals surface area contributed by atoms with E-state index in [1.54, 1.807) is 30.3 Å². The molecular weight excluding hydrogens is 508 g/mol. The highest BCUT2D eigenvalue weighted by molar-refractivity contribution is 5.95. The van der Waals surface area contributed by atoms with Crippen LogP contribution in [0.25, 0.3) is 0 Å². The molecule has 12 heteroatoms. The normalized spacial score (nSPS) is 16.9. The first-order valence-corrected chi connectivity index (χ1v) is 12.5. The van der Waals surface area contributed by atoms with Crippen LogP contribution in [0.1, 0.15) is 30.4 Å². The number of nitrogens with one attached hydrogen (secondary N) is 4. The van der Waals surface area contributed by atoms with Crippen LogP contribution in [0.3, 0.4) is 0 Å². The van der Waals surface area contributed by atoms with Gasteiger partial charge in [-0.05, 0) is 42.6 Å². The molecule has 1 aliphatic heterocycles. The molecule has 1 heterocycles. The Morgan fingerprint density at radius 1 is 0.795 bits per heavy atom. The molecule has 0 aliphatic carbocycles. The summed E-state index contributed by atoms with van der Waals surface area (Å²) in [5.74, 6) is -4.81. The van der Waals surface area contributed by atoms with E-state index in [0.717, 1.165) is 6.42 Å². The van der Waals surface area contributed by atoms with Crippen molar-refractivity contribution in [2.24, 2.45) is 0 Å². The quantitative estimate of drug-likeness (QED) is 0.182. The molecule has 7 N–H and O–H groups in total. The molecule has 0 spiro atoms. The fraction of sp³-hybridized carbons (Fsp3) is 0.370. The lowest BCUT2D eigenvalue weighted by atomic mass is 10.0. The Labute approximate surface area is 224 Å². The Morgan fingerprint density at radius 2 is 1.38 bits per heavy atom. The lowest BCUT2D eigenvalue weighted by Crippen LogP contribution is -2.58. The molecule has 0 bridgehead atoms. The van der Waals surface area contributed by atoms with E-state index in [1.807, 2.05) is 0 Å². The van der Waals surface area contributed by atoms with Crippen molar-refractivity contribution in [1.29, 1.82) is 0 Å². The lowest BCUT2D eigenvalue weighted by molar-refractivity contribution is -0.143. The number of phenols is 1. The summed E-state index contributed by atoms with van der Waals surface area (Å²) in [5.41, 5.74) is 1.21. The molecular formula is C27H32N4O8. The zero-order valence-electron chi connectivity index (χ0n) is 21.1. The van der Waals surface area contributed by atoms with E-state index in [4.69, 9.17) is 0 Å². The standard InChI is InChI=1S/C27H32N4O8/c32-18-10-8-17(9-11-18)14-22(27(38)39)31-25(36)20(13-16-5-2-1-3-6-16)29-26(37)21(15-23(33)34)30-24(35)19-7-4-12-28-19/h1-3,5-6,8-11,19-22,28,32H,4,7,12-15H2,(H,29,37)(H,30,35)(H,31,36)(H,33,34)(H,38,39). The first-order chi connectivity index (χ1) is 18.6. The number of hydrogen-bond donors (Lipinski definition) is 7. The minimum absolute atomic E-state index is 0.00650. The van der Waals surface area contributed by atoms with Gasteiger partial charge in [0.15, 0.2) is 0 Å². The highest BCUT2D eigenvalue weighted by Crippen LogP contribution is 2.12. The number of carbonyl (C=O) groups is 5. The Bertz CT molecular complexity index is 1170. The van der Waals surface area contributed by atoms with E-state index in [0.29, 0.717) is 24.1 Å². The third-order valence-corrected chi connectivity index (χ3v) is 6.29. The minimum Gasteiger partial charge on any atom is -0.508 e. The van der Waals surface area contributed by atoms with Crippen LogP contribution in [-0.2, 0) is 36.8 Å². The van der Waals surface area contributed by atoms with Crippen molar-refractivity contribution in [3.05, 3.63) is 65.7 Å². The molecule has 4 unspecified atom stereocenters. The molecule has 1 fully saturated rings.